The number of nitrogens with one attached hydrogen (secondary N) is 1. The quantitative estimate of drug-likeness (QED) is 0.673. The van der Waals surface area contributed by atoms with E-state index >= 15 is 0 Å². The van der Waals surface area contributed by atoms with Crippen LogP contribution in [0.25, 0.3) is 0 Å². The van der Waals surface area contributed by atoms with Crippen LogP contribution in [0.3, 0.4) is 0 Å². The molecule has 2 unspecified atom stereocenters. The lowest BCUT2D eigenvalue weighted by molar-refractivity contribution is -0.143. The second-order valence-corrected chi connectivity index (χ2v) is 9.58. The molecule has 4 rings (SSSR count). The van der Waals surface area contributed by atoms with Gasteiger partial charge in [0, 0.05) is 57.2 Å². The summed E-state index contributed by atoms with van der Waals surface area (Å²) in [5, 5.41) is 3.63. The lowest BCUT2D eigenvalue weighted by Gasteiger charge is -2.39. The van der Waals surface area contributed by atoms with Crippen molar-refractivity contribution in [2.75, 3.05) is 26.9 Å². The van der Waals surface area contributed by atoms with Gasteiger partial charge in [-0.3, -0.25) is 9.78 Å². The number of aromatic nitrogens is 1. The number of alkyl halides is 3. The number of amides is 1. The smallest absolute Gasteiger partial charge is 0.379 e. The topological polar surface area (TPSA) is 63.7 Å². The second-order valence-electron chi connectivity index (χ2n) is 9.58. The van der Waals surface area contributed by atoms with Gasteiger partial charge in [0.2, 0.25) is 5.91 Å². The first-order chi connectivity index (χ1) is 15.6. The van der Waals surface area contributed by atoms with Crippen molar-refractivity contribution in [3.63, 3.8) is 0 Å². The molecule has 9 heteroatoms. The Bertz CT molecular complexity index is 905. The molecule has 1 aliphatic carbocycles. The molecule has 1 aromatic heterocycles. The number of rotatable bonds is 5. The fraction of sp³-hybridized carbons (Fsp3) is 0.667. The molecule has 6 nitrogen and oxygen atoms in total. The van der Waals surface area contributed by atoms with Gasteiger partial charge >= 0.3 is 6.18 Å². The lowest BCUT2D eigenvalue weighted by atomic mass is 9.74. The summed E-state index contributed by atoms with van der Waals surface area (Å²) in [5.41, 5.74) is -0.358. The maximum absolute atomic E-state index is 13.8. The molecule has 2 aliphatic heterocycles. The van der Waals surface area contributed by atoms with Gasteiger partial charge < -0.3 is 19.7 Å². The van der Waals surface area contributed by atoms with E-state index in [2.05, 4.69) is 16.4 Å². The predicted octanol–water partition coefficient (Wildman–Crippen LogP) is 3.35. The highest BCUT2D eigenvalue weighted by molar-refractivity contribution is 5.86. The van der Waals surface area contributed by atoms with Gasteiger partial charge in [-0.1, -0.05) is 26.0 Å². The molecule has 1 saturated heterocycles. The summed E-state index contributed by atoms with van der Waals surface area (Å²) in [7, 11) is 1.67. The van der Waals surface area contributed by atoms with E-state index in [1.165, 1.54) is 0 Å². The molecular weight excluding hydrogens is 435 g/mol. The van der Waals surface area contributed by atoms with E-state index in [0.717, 1.165) is 18.7 Å². The van der Waals surface area contributed by atoms with Crippen LogP contribution < -0.4 is 5.32 Å². The summed E-state index contributed by atoms with van der Waals surface area (Å²) in [5.74, 6) is 0.0124. The fourth-order valence-electron chi connectivity index (χ4n) is 5.19. The number of fused-ring (bicyclic) bond motifs is 1. The zero-order valence-electron chi connectivity index (χ0n) is 19.3. The summed E-state index contributed by atoms with van der Waals surface area (Å²) in [6.45, 7) is 5.87. The summed E-state index contributed by atoms with van der Waals surface area (Å²) in [6, 6.07) is 1.30. The SMILES string of the molecule is COC1COCCC1N[C@@H]1C=C[C@@](C(=O)N2CCc3ncc(C(F)(F)F)cc3C2)(C(C)C)C1. The molecule has 0 radical (unpaired) electrons. The molecule has 182 valence electrons. The van der Waals surface area contributed by atoms with Crippen LogP contribution in [0, 0.1) is 11.3 Å². The van der Waals surface area contributed by atoms with Crippen LogP contribution in [-0.2, 0) is 33.4 Å². The van der Waals surface area contributed by atoms with Gasteiger partial charge in [-0.15, -0.1) is 0 Å². The molecule has 1 N–H and O–H groups in total. The first kappa shape index (κ1) is 24.2. The predicted molar refractivity (Wildman–Crippen MR) is 116 cm³/mol. The Morgan fingerprint density at radius 2 is 2.18 bits per heavy atom. The largest absolute Gasteiger partial charge is 0.417 e. The van der Waals surface area contributed by atoms with Crippen molar-refractivity contribution in [3.8, 4) is 0 Å². The standard InChI is InChI=1S/C24H32F3N3O3/c1-15(2)23(7-4-18(11-23)29-20-6-9-33-14-21(20)32-3)22(31)30-8-5-19-16(13-30)10-17(12-28-19)24(25,26)27/h4,7,10,12,15,18,20-21,29H,5-6,8-9,11,13-14H2,1-3H3/t18-,20?,21?,23+/m1/s1. The zero-order chi connectivity index (χ0) is 23.8. The highest BCUT2D eigenvalue weighted by Crippen LogP contribution is 2.42. The van der Waals surface area contributed by atoms with E-state index in [4.69, 9.17) is 9.47 Å². The molecule has 3 aliphatic rings. The van der Waals surface area contributed by atoms with Crippen molar-refractivity contribution in [1.29, 1.82) is 0 Å². The normalized spacial score (nSPS) is 30.0. The Kier molecular flexibility index (Phi) is 6.85. The van der Waals surface area contributed by atoms with Gasteiger partial charge in [0.05, 0.1) is 23.7 Å². The average molecular weight is 468 g/mol. The minimum absolute atomic E-state index is 0.0210. The van der Waals surface area contributed by atoms with E-state index < -0.39 is 17.2 Å². The summed E-state index contributed by atoms with van der Waals surface area (Å²) in [4.78, 5) is 19.5. The van der Waals surface area contributed by atoms with Crippen LogP contribution in [0.15, 0.2) is 24.4 Å². The zero-order valence-corrected chi connectivity index (χ0v) is 19.3. The Labute approximate surface area is 192 Å². The van der Waals surface area contributed by atoms with Crippen molar-refractivity contribution in [2.24, 2.45) is 11.3 Å². The lowest BCUT2D eigenvalue weighted by Crippen LogP contribution is -2.52. The van der Waals surface area contributed by atoms with E-state index in [-0.39, 0.29) is 36.6 Å². The molecule has 1 aromatic rings. The minimum Gasteiger partial charge on any atom is -0.379 e. The monoisotopic (exact) mass is 467 g/mol. The first-order valence-electron chi connectivity index (χ1n) is 11.5. The Morgan fingerprint density at radius 3 is 2.88 bits per heavy atom. The Balaban J connectivity index is 1.49. The van der Waals surface area contributed by atoms with Crippen molar-refractivity contribution in [3.05, 3.63) is 41.2 Å². The number of hydrogen-bond acceptors (Lipinski definition) is 5. The molecule has 3 heterocycles. The second kappa shape index (κ2) is 9.35. The highest BCUT2D eigenvalue weighted by atomic mass is 19.4. The number of hydrogen-bond donors (Lipinski definition) is 1. The number of pyridine rings is 1. The van der Waals surface area contributed by atoms with Gasteiger partial charge in [-0.25, -0.2) is 0 Å². The molecule has 1 amide bonds. The van der Waals surface area contributed by atoms with E-state index in [1.54, 1.807) is 12.0 Å². The molecule has 0 bridgehead atoms. The molecule has 4 atom stereocenters. The minimum atomic E-state index is -4.45. The van der Waals surface area contributed by atoms with Crippen molar-refractivity contribution < 1.29 is 27.4 Å². The molecule has 33 heavy (non-hydrogen) atoms. The molecular formula is C24H32F3N3O3. The molecule has 0 saturated carbocycles. The molecule has 0 spiro atoms. The Hall–Kier alpha value is -1.97. The third kappa shape index (κ3) is 4.81. The summed E-state index contributed by atoms with van der Waals surface area (Å²) in [6.07, 6.45) is 2.35. The maximum Gasteiger partial charge on any atom is 0.417 e. The third-order valence-corrected chi connectivity index (χ3v) is 7.30. The van der Waals surface area contributed by atoms with Crippen LogP contribution in [0.4, 0.5) is 13.2 Å². The van der Waals surface area contributed by atoms with Gasteiger partial charge in [0.1, 0.15) is 0 Å². The maximum atomic E-state index is 13.8. The fourth-order valence-corrected chi connectivity index (χ4v) is 5.19. The van der Waals surface area contributed by atoms with Crippen LogP contribution in [0.2, 0.25) is 0 Å². The van der Waals surface area contributed by atoms with Crippen LogP contribution in [0.1, 0.15) is 43.5 Å². The summed E-state index contributed by atoms with van der Waals surface area (Å²) >= 11 is 0. The van der Waals surface area contributed by atoms with Crippen molar-refractivity contribution >= 4 is 5.91 Å². The van der Waals surface area contributed by atoms with E-state index in [1.807, 2.05) is 19.9 Å². The first-order valence-corrected chi connectivity index (χ1v) is 11.5. The highest BCUT2D eigenvalue weighted by Gasteiger charge is 2.47. The number of halogens is 3. The average Bonchev–Trinajstić information content (AvgIpc) is 3.23. The van der Waals surface area contributed by atoms with Gasteiger partial charge in [-0.05, 0) is 30.4 Å². The molecule has 1 fully saturated rings. The molecule has 0 aromatic carbocycles. The Morgan fingerprint density at radius 1 is 1.39 bits per heavy atom. The number of carbonyl (C=O) groups is 1. The van der Waals surface area contributed by atoms with E-state index in [9.17, 15) is 18.0 Å². The number of carbonyl (C=O) groups excluding carboxylic acids is 1. The number of methoxy groups -OCH3 is 1. The van der Waals surface area contributed by atoms with E-state index in [0.29, 0.717) is 43.9 Å². The van der Waals surface area contributed by atoms with Crippen molar-refractivity contribution in [1.82, 2.24) is 15.2 Å². The van der Waals surface area contributed by atoms with Crippen LogP contribution >= 0.6 is 0 Å². The van der Waals surface area contributed by atoms with Gasteiger partial charge in [0.25, 0.3) is 0 Å². The number of nitrogens with zero attached hydrogens (tertiary/aromatic N) is 2. The van der Waals surface area contributed by atoms with Gasteiger partial charge in [-0.2, -0.15) is 13.2 Å². The van der Waals surface area contributed by atoms with Crippen LogP contribution in [-0.4, -0.2) is 60.8 Å². The number of ether oxygens (including phenoxy) is 2. The van der Waals surface area contributed by atoms with Crippen molar-refractivity contribution in [2.45, 2.75) is 64.0 Å². The van der Waals surface area contributed by atoms with Gasteiger partial charge in [0.15, 0.2) is 0 Å². The third-order valence-electron chi connectivity index (χ3n) is 7.30. The summed E-state index contributed by atoms with van der Waals surface area (Å²) < 4.78 is 50.5. The van der Waals surface area contributed by atoms with Crippen LogP contribution in [0.5, 0.6) is 0 Å².